The number of fused-ring (bicyclic) bond motifs is 1. The first-order chi connectivity index (χ1) is 9.15. The fraction of sp³-hybridized carbons (Fsp3) is 0. The molecule has 1 heterocycles. The summed E-state index contributed by atoms with van der Waals surface area (Å²) in [7, 11) is 0. The molecule has 0 saturated carbocycles. The summed E-state index contributed by atoms with van der Waals surface area (Å²) in [5, 5.41) is 0.447. The summed E-state index contributed by atoms with van der Waals surface area (Å²) in [6.45, 7) is 0. The summed E-state index contributed by atoms with van der Waals surface area (Å²) >= 11 is 6.74. The molecule has 0 aliphatic carbocycles. The van der Waals surface area contributed by atoms with Gasteiger partial charge in [0, 0.05) is 14.5 Å². The molecule has 0 atom stereocenters. The van der Waals surface area contributed by atoms with Crippen molar-refractivity contribution in [2.75, 3.05) is 0 Å². The Morgan fingerprint density at radius 2 is 1.79 bits per heavy atom. The average Bonchev–Trinajstić information content (AvgIpc) is 2.38. The highest BCUT2D eigenvalue weighted by Gasteiger charge is 2.11. The highest BCUT2D eigenvalue weighted by atomic mass is 79.9. The van der Waals surface area contributed by atoms with Gasteiger partial charge in [-0.25, -0.2) is 9.78 Å². The molecule has 0 N–H and O–H groups in total. The monoisotopic (exact) mass is 379 g/mol. The van der Waals surface area contributed by atoms with Gasteiger partial charge in [-0.3, -0.25) is 0 Å². The Bertz CT molecular complexity index is 813. The van der Waals surface area contributed by atoms with Gasteiger partial charge in [0.05, 0.1) is 5.52 Å². The van der Waals surface area contributed by atoms with Crippen LogP contribution in [0.1, 0.15) is 0 Å². The molecule has 5 heteroatoms. The topological polar surface area (TPSA) is 43.1 Å². The fourth-order valence-electron chi connectivity index (χ4n) is 1.83. The predicted molar refractivity (Wildman–Crippen MR) is 81.1 cm³/mol. The SMILES string of the molecule is O=c1oc(-c2ccccc2)nc2cc(Br)cc(Br)c12. The molecular formula is C14H7Br2NO2. The van der Waals surface area contributed by atoms with Crippen LogP contribution in [0, 0.1) is 0 Å². The molecular weight excluding hydrogens is 374 g/mol. The van der Waals surface area contributed by atoms with E-state index < -0.39 is 5.63 Å². The van der Waals surface area contributed by atoms with Crippen molar-refractivity contribution in [3.8, 4) is 11.5 Å². The van der Waals surface area contributed by atoms with Gasteiger partial charge in [0.1, 0.15) is 5.39 Å². The molecule has 0 aliphatic rings. The molecule has 0 bridgehead atoms. The number of hydrogen-bond donors (Lipinski definition) is 0. The lowest BCUT2D eigenvalue weighted by molar-refractivity contribution is 0.518. The second-order valence-corrected chi connectivity index (χ2v) is 5.72. The number of rotatable bonds is 1. The third-order valence-electron chi connectivity index (χ3n) is 2.67. The van der Waals surface area contributed by atoms with Gasteiger partial charge in [-0.15, -0.1) is 0 Å². The van der Waals surface area contributed by atoms with Crippen molar-refractivity contribution in [2.24, 2.45) is 0 Å². The summed E-state index contributed by atoms with van der Waals surface area (Å²) in [6.07, 6.45) is 0. The van der Waals surface area contributed by atoms with E-state index in [1.807, 2.05) is 30.3 Å². The standard InChI is InChI=1S/C14H7Br2NO2/c15-9-6-10(16)12-11(7-9)17-13(19-14(12)18)8-4-2-1-3-5-8/h1-7H. The van der Waals surface area contributed by atoms with E-state index in [1.54, 1.807) is 12.1 Å². The van der Waals surface area contributed by atoms with E-state index in [0.717, 1.165) is 10.0 Å². The third kappa shape index (κ3) is 2.35. The van der Waals surface area contributed by atoms with Gasteiger partial charge in [-0.2, -0.15) is 0 Å². The number of aromatic nitrogens is 1. The molecule has 2 aromatic carbocycles. The van der Waals surface area contributed by atoms with E-state index in [2.05, 4.69) is 36.8 Å². The van der Waals surface area contributed by atoms with Gasteiger partial charge in [-0.1, -0.05) is 34.1 Å². The number of benzene rings is 2. The van der Waals surface area contributed by atoms with Crippen molar-refractivity contribution < 1.29 is 4.42 Å². The lowest BCUT2D eigenvalue weighted by Gasteiger charge is -2.03. The molecule has 3 rings (SSSR count). The highest BCUT2D eigenvalue weighted by Crippen LogP contribution is 2.27. The molecule has 0 spiro atoms. The molecule has 1 aromatic heterocycles. The number of halogens is 2. The number of nitrogens with zero attached hydrogens (tertiary/aromatic N) is 1. The van der Waals surface area contributed by atoms with Crippen molar-refractivity contribution in [1.29, 1.82) is 0 Å². The first-order valence-electron chi connectivity index (χ1n) is 5.50. The molecule has 3 aromatic rings. The highest BCUT2D eigenvalue weighted by molar-refractivity contribution is 9.11. The molecule has 0 radical (unpaired) electrons. The Labute approximate surface area is 125 Å². The van der Waals surface area contributed by atoms with Crippen LogP contribution in [0.15, 0.2) is 60.6 Å². The molecule has 94 valence electrons. The average molecular weight is 381 g/mol. The third-order valence-corrected chi connectivity index (χ3v) is 3.75. The van der Waals surface area contributed by atoms with Crippen LogP contribution in [0.3, 0.4) is 0 Å². The summed E-state index contributed by atoms with van der Waals surface area (Å²) in [6, 6.07) is 12.9. The molecule has 3 nitrogen and oxygen atoms in total. The van der Waals surface area contributed by atoms with Crippen LogP contribution in [0.5, 0.6) is 0 Å². The van der Waals surface area contributed by atoms with Crippen molar-refractivity contribution in [2.45, 2.75) is 0 Å². The Balaban J connectivity index is 2.34. The van der Waals surface area contributed by atoms with Crippen LogP contribution < -0.4 is 5.63 Å². The van der Waals surface area contributed by atoms with Gasteiger partial charge in [0.2, 0.25) is 5.89 Å². The molecule has 0 unspecified atom stereocenters. The minimum Gasteiger partial charge on any atom is -0.403 e. The van der Waals surface area contributed by atoms with Crippen LogP contribution in [-0.4, -0.2) is 4.98 Å². The van der Waals surface area contributed by atoms with Crippen molar-refractivity contribution in [3.05, 3.63) is 61.8 Å². The van der Waals surface area contributed by atoms with Crippen molar-refractivity contribution in [3.63, 3.8) is 0 Å². The maximum absolute atomic E-state index is 12.1. The van der Waals surface area contributed by atoms with Gasteiger partial charge in [-0.05, 0) is 40.2 Å². The molecule has 0 saturated heterocycles. The van der Waals surface area contributed by atoms with Crippen LogP contribution in [0.2, 0.25) is 0 Å². The Hall–Kier alpha value is -1.46. The summed E-state index contributed by atoms with van der Waals surface area (Å²) in [4.78, 5) is 16.5. The van der Waals surface area contributed by atoms with Crippen LogP contribution in [0.25, 0.3) is 22.4 Å². The zero-order chi connectivity index (χ0) is 13.4. The Morgan fingerprint density at radius 3 is 2.53 bits per heavy atom. The van der Waals surface area contributed by atoms with E-state index in [-0.39, 0.29) is 0 Å². The van der Waals surface area contributed by atoms with E-state index in [4.69, 9.17) is 4.42 Å². The van der Waals surface area contributed by atoms with Crippen LogP contribution in [-0.2, 0) is 0 Å². The summed E-state index contributed by atoms with van der Waals surface area (Å²) in [5.41, 5.74) is 0.970. The van der Waals surface area contributed by atoms with Gasteiger partial charge in [0.25, 0.3) is 0 Å². The summed E-state index contributed by atoms with van der Waals surface area (Å²) < 4.78 is 6.80. The second-order valence-electron chi connectivity index (χ2n) is 3.95. The van der Waals surface area contributed by atoms with E-state index in [0.29, 0.717) is 21.3 Å². The van der Waals surface area contributed by atoms with Crippen molar-refractivity contribution in [1.82, 2.24) is 4.98 Å². The predicted octanol–water partition coefficient (Wildman–Crippen LogP) is 4.38. The minimum atomic E-state index is -0.400. The quantitative estimate of drug-likeness (QED) is 0.629. The maximum Gasteiger partial charge on any atom is 0.348 e. The zero-order valence-corrected chi connectivity index (χ0v) is 12.7. The van der Waals surface area contributed by atoms with Crippen LogP contribution in [0.4, 0.5) is 0 Å². The minimum absolute atomic E-state index is 0.322. The lowest BCUT2D eigenvalue weighted by Crippen LogP contribution is -2.03. The lowest BCUT2D eigenvalue weighted by atomic mass is 10.2. The van der Waals surface area contributed by atoms with Gasteiger partial charge >= 0.3 is 5.63 Å². The molecule has 0 aliphatic heterocycles. The van der Waals surface area contributed by atoms with E-state index in [1.165, 1.54) is 0 Å². The van der Waals surface area contributed by atoms with Crippen LogP contribution >= 0.6 is 31.9 Å². The normalized spacial score (nSPS) is 10.8. The Kier molecular flexibility index (Phi) is 3.24. The maximum atomic E-state index is 12.1. The number of hydrogen-bond acceptors (Lipinski definition) is 3. The van der Waals surface area contributed by atoms with E-state index >= 15 is 0 Å². The summed E-state index contributed by atoms with van der Waals surface area (Å²) in [5.74, 6) is 0.322. The van der Waals surface area contributed by atoms with Crippen molar-refractivity contribution >= 4 is 42.8 Å². The van der Waals surface area contributed by atoms with E-state index in [9.17, 15) is 4.79 Å². The first-order valence-corrected chi connectivity index (χ1v) is 7.09. The zero-order valence-electron chi connectivity index (χ0n) is 9.56. The molecule has 19 heavy (non-hydrogen) atoms. The van der Waals surface area contributed by atoms with Gasteiger partial charge in [0.15, 0.2) is 0 Å². The Morgan fingerprint density at radius 1 is 1.05 bits per heavy atom. The first kappa shape index (κ1) is 12.6. The van der Waals surface area contributed by atoms with Gasteiger partial charge < -0.3 is 4.42 Å². The molecule has 0 amide bonds. The second kappa shape index (κ2) is 4.90. The largest absolute Gasteiger partial charge is 0.403 e. The molecule has 0 fully saturated rings. The fourth-order valence-corrected chi connectivity index (χ4v) is 3.19. The smallest absolute Gasteiger partial charge is 0.348 e.